The fourth-order valence-electron chi connectivity index (χ4n) is 1.62. The Hall–Kier alpha value is -2.23. The van der Waals surface area contributed by atoms with Crippen molar-refractivity contribution in [2.45, 2.75) is 37.1 Å². The van der Waals surface area contributed by atoms with Gasteiger partial charge in [0.2, 0.25) is 5.16 Å². The summed E-state index contributed by atoms with van der Waals surface area (Å²) in [6.45, 7) is 4.22. The monoisotopic (exact) mass is 310 g/mol. The number of nitrogens with zero attached hydrogens (tertiary/aromatic N) is 6. The van der Waals surface area contributed by atoms with Crippen molar-refractivity contribution in [3.8, 4) is 0 Å². The number of carboxylic acids is 1. The molecule has 2 aromatic heterocycles. The Morgan fingerprint density at radius 3 is 2.90 bits per heavy atom. The second kappa shape index (κ2) is 6.48. The Kier molecular flexibility index (Phi) is 4.68. The van der Waals surface area contributed by atoms with Crippen LogP contribution in [0.2, 0.25) is 0 Å². The fraction of sp³-hybridized carbons (Fsp3) is 0.455. The standard InChI is InChI=1S/C11H14N6O3S/c1-7(2)5-16-4-3-12-9(10(16)20)21-11-13-14-15-17(11)6-8(18)19/h3-4,7H,5-6H2,1-2H3,(H,18,19). The normalized spacial score (nSPS) is 11.0. The lowest BCUT2D eigenvalue weighted by Crippen LogP contribution is -2.24. The molecule has 2 heterocycles. The first-order valence-corrected chi connectivity index (χ1v) is 7.00. The molecule has 2 rings (SSSR count). The van der Waals surface area contributed by atoms with Crippen LogP contribution in [0, 0.1) is 5.92 Å². The van der Waals surface area contributed by atoms with Crippen LogP contribution in [0.15, 0.2) is 27.4 Å². The van der Waals surface area contributed by atoms with Gasteiger partial charge in [-0.3, -0.25) is 9.59 Å². The molecular formula is C11H14N6O3S. The van der Waals surface area contributed by atoms with Gasteiger partial charge in [0.25, 0.3) is 5.56 Å². The molecule has 0 radical (unpaired) electrons. The summed E-state index contributed by atoms with van der Waals surface area (Å²) in [5.74, 6) is -0.748. The topological polar surface area (TPSA) is 116 Å². The first-order chi connectivity index (χ1) is 9.97. The van der Waals surface area contributed by atoms with Gasteiger partial charge in [-0.2, -0.15) is 0 Å². The van der Waals surface area contributed by atoms with Crippen LogP contribution in [-0.2, 0) is 17.9 Å². The van der Waals surface area contributed by atoms with Crippen molar-refractivity contribution < 1.29 is 9.90 Å². The van der Waals surface area contributed by atoms with E-state index >= 15 is 0 Å². The number of rotatable bonds is 6. The van der Waals surface area contributed by atoms with Gasteiger partial charge in [-0.25, -0.2) is 9.67 Å². The summed E-state index contributed by atoms with van der Waals surface area (Å²) in [6, 6.07) is 0. The summed E-state index contributed by atoms with van der Waals surface area (Å²) in [5, 5.41) is 19.9. The van der Waals surface area contributed by atoms with E-state index in [1.54, 1.807) is 10.8 Å². The molecule has 0 aliphatic rings. The van der Waals surface area contributed by atoms with Gasteiger partial charge in [0, 0.05) is 18.9 Å². The Bertz CT molecular complexity index is 695. The van der Waals surface area contributed by atoms with Crippen LogP contribution in [0.1, 0.15) is 13.8 Å². The van der Waals surface area contributed by atoms with E-state index in [-0.39, 0.29) is 22.3 Å². The zero-order valence-corrected chi connectivity index (χ0v) is 12.3. The third-order valence-corrected chi connectivity index (χ3v) is 3.36. The Labute approximate surface area is 124 Å². The van der Waals surface area contributed by atoms with Crippen LogP contribution in [0.5, 0.6) is 0 Å². The lowest BCUT2D eigenvalue weighted by molar-refractivity contribution is -0.138. The Morgan fingerprint density at radius 2 is 2.24 bits per heavy atom. The molecule has 9 nitrogen and oxygen atoms in total. The highest BCUT2D eigenvalue weighted by Gasteiger charge is 2.15. The van der Waals surface area contributed by atoms with Gasteiger partial charge in [0.1, 0.15) is 6.54 Å². The number of carboxylic acid groups (broad SMARTS) is 1. The third kappa shape index (κ3) is 3.88. The number of aliphatic carboxylic acids is 1. The minimum Gasteiger partial charge on any atom is -0.480 e. The van der Waals surface area contributed by atoms with E-state index in [0.717, 1.165) is 16.4 Å². The van der Waals surface area contributed by atoms with Crippen molar-refractivity contribution in [1.29, 1.82) is 0 Å². The van der Waals surface area contributed by atoms with E-state index in [2.05, 4.69) is 20.5 Å². The number of tetrazole rings is 1. The SMILES string of the molecule is CC(C)Cn1ccnc(Sc2nnnn2CC(=O)O)c1=O. The van der Waals surface area contributed by atoms with E-state index in [1.165, 1.54) is 6.20 Å². The number of hydrogen-bond acceptors (Lipinski definition) is 7. The van der Waals surface area contributed by atoms with E-state index < -0.39 is 5.97 Å². The minimum absolute atomic E-state index is 0.208. The summed E-state index contributed by atoms with van der Waals surface area (Å²) in [7, 11) is 0. The van der Waals surface area contributed by atoms with Crippen molar-refractivity contribution in [3.63, 3.8) is 0 Å². The molecule has 0 aliphatic heterocycles. The van der Waals surface area contributed by atoms with Gasteiger partial charge < -0.3 is 9.67 Å². The average Bonchev–Trinajstić information content (AvgIpc) is 2.80. The fourth-order valence-corrected chi connectivity index (χ4v) is 2.39. The summed E-state index contributed by atoms with van der Waals surface area (Å²) < 4.78 is 2.67. The number of carbonyl (C=O) groups is 1. The van der Waals surface area contributed by atoms with Crippen LogP contribution in [-0.4, -0.2) is 40.8 Å². The molecule has 21 heavy (non-hydrogen) atoms. The molecule has 0 saturated carbocycles. The first-order valence-electron chi connectivity index (χ1n) is 6.18. The second-order valence-corrected chi connectivity index (χ2v) is 5.65. The van der Waals surface area contributed by atoms with E-state index in [1.807, 2.05) is 13.8 Å². The van der Waals surface area contributed by atoms with Crippen LogP contribution >= 0.6 is 11.8 Å². The molecule has 0 unspecified atom stereocenters. The smallest absolute Gasteiger partial charge is 0.325 e. The molecule has 0 aromatic carbocycles. The minimum atomic E-state index is -1.07. The average molecular weight is 310 g/mol. The molecule has 0 bridgehead atoms. The molecule has 112 valence electrons. The van der Waals surface area contributed by atoms with Gasteiger partial charge in [-0.15, -0.1) is 5.10 Å². The molecule has 0 spiro atoms. The molecular weight excluding hydrogens is 296 g/mol. The van der Waals surface area contributed by atoms with Crippen LogP contribution in [0.25, 0.3) is 0 Å². The van der Waals surface area contributed by atoms with Crippen molar-refractivity contribution in [1.82, 2.24) is 29.8 Å². The maximum Gasteiger partial charge on any atom is 0.325 e. The molecule has 0 aliphatic carbocycles. The molecule has 0 saturated heterocycles. The van der Waals surface area contributed by atoms with Crippen LogP contribution in [0.3, 0.4) is 0 Å². The van der Waals surface area contributed by atoms with Crippen LogP contribution < -0.4 is 5.56 Å². The molecule has 0 fully saturated rings. The Balaban J connectivity index is 2.26. The van der Waals surface area contributed by atoms with E-state index in [9.17, 15) is 9.59 Å². The second-order valence-electron chi connectivity index (χ2n) is 4.70. The molecule has 0 atom stereocenters. The quantitative estimate of drug-likeness (QED) is 0.800. The van der Waals surface area contributed by atoms with Gasteiger partial charge in [0.05, 0.1) is 0 Å². The van der Waals surface area contributed by atoms with Gasteiger partial charge in [0.15, 0.2) is 5.03 Å². The summed E-state index contributed by atoms with van der Waals surface area (Å²) in [6.07, 6.45) is 3.14. The predicted octanol–water partition coefficient (Wildman–Crippen LogP) is 0.122. The zero-order valence-electron chi connectivity index (χ0n) is 11.5. The maximum absolute atomic E-state index is 12.2. The van der Waals surface area contributed by atoms with Gasteiger partial charge >= 0.3 is 5.97 Å². The molecule has 0 amide bonds. The zero-order chi connectivity index (χ0) is 15.4. The summed E-state index contributed by atoms with van der Waals surface area (Å²) in [5.41, 5.74) is -0.249. The maximum atomic E-state index is 12.2. The lowest BCUT2D eigenvalue weighted by atomic mass is 10.2. The molecule has 1 N–H and O–H groups in total. The van der Waals surface area contributed by atoms with Crippen molar-refractivity contribution in [2.75, 3.05) is 0 Å². The molecule has 10 heteroatoms. The van der Waals surface area contributed by atoms with E-state index in [4.69, 9.17) is 5.11 Å². The Morgan fingerprint density at radius 1 is 1.48 bits per heavy atom. The van der Waals surface area contributed by atoms with Crippen molar-refractivity contribution in [3.05, 3.63) is 22.7 Å². The highest BCUT2D eigenvalue weighted by atomic mass is 32.2. The predicted molar refractivity (Wildman–Crippen MR) is 72.9 cm³/mol. The highest BCUT2D eigenvalue weighted by Crippen LogP contribution is 2.19. The van der Waals surface area contributed by atoms with Crippen molar-refractivity contribution >= 4 is 17.7 Å². The summed E-state index contributed by atoms with van der Waals surface area (Å²) in [4.78, 5) is 27.0. The van der Waals surface area contributed by atoms with Crippen LogP contribution in [0.4, 0.5) is 0 Å². The number of hydrogen-bond donors (Lipinski definition) is 1. The largest absolute Gasteiger partial charge is 0.480 e. The third-order valence-electron chi connectivity index (χ3n) is 2.42. The van der Waals surface area contributed by atoms with E-state index in [0.29, 0.717) is 12.5 Å². The highest BCUT2D eigenvalue weighted by molar-refractivity contribution is 7.99. The summed E-state index contributed by atoms with van der Waals surface area (Å²) >= 11 is 0.950. The molecule has 2 aromatic rings. The first kappa shape index (κ1) is 15.2. The number of aromatic nitrogens is 6. The van der Waals surface area contributed by atoms with Gasteiger partial charge in [-0.1, -0.05) is 13.8 Å². The lowest BCUT2D eigenvalue weighted by Gasteiger charge is -2.09. The van der Waals surface area contributed by atoms with Crippen molar-refractivity contribution in [2.24, 2.45) is 5.92 Å². The van der Waals surface area contributed by atoms with Gasteiger partial charge in [-0.05, 0) is 28.1 Å².